The summed E-state index contributed by atoms with van der Waals surface area (Å²) in [4.78, 5) is 20.2. The molecule has 2 aromatic heterocycles. The SMILES string of the molecule is Cc1c(C(=O)Nc2ccc(Oc3ncnc(N)c3Cl)c(F)c2)nnn1-c1ccccc1. The molecule has 0 unspecified atom stereocenters. The highest BCUT2D eigenvalue weighted by Crippen LogP contribution is 2.32. The minimum Gasteiger partial charge on any atom is -0.434 e. The van der Waals surface area contributed by atoms with E-state index in [1.165, 1.54) is 12.1 Å². The first kappa shape index (κ1) is 20.2. The second kappa shape index (κ2) is 8.36. The van der Waals surface area contributed by atoms with E-state index in [1.807, 2.05) is 30.3 Å². The summed E-state index contributed by atoms with van der Waals surface area (Å²) in [6, 6.07) is 13.2. The van der Waals surface area contributed by atoms with Crippen LogP contribution in [0.2, 0.25) is 5.02 Å². The molecule has 0 atom stereocenters. The maximum atomic E-state index is 14.5. The van der Waals surface area contributed by atoms with E-state index >= 15 is 0 Å². The Hall–Kier alpha value is -4.05. The molecule has 0 bridgehead atoms. The molecule has 4 rings (SSSR count). The number of nitrogens with one attached hydrogen (secondary N) is 1. The van der Waals surface area contributed by atoms with E-state index in [4.69, 9.17) is 22.1 Å². The highest BCUT2D eigenvalue weighted by Gasteiger charge is 2.18. The van der Waals surface area contributed by atoms with Crippen molar-refractivity contribution in [2.24, 2.45) is 0 Å². The van der Waals surface area contributed by atoms with Crippen molar-refractivity contribution in [2.45, 2.75) is 6.92 Å². The molecular formula is C20H15ClFN7O2. The maximum Gasteiger partial charge on any atom is 0.278 e. The van der Waals surface area contributed by atoms with Gasteiger partial charge in [0.2, 0.25) is 5.88 Å². The molecule has 3 N–H and O–H groups in total. The molecule has 0 saturated carbocycles. The van der Waals surface area contributed by atoms with Crippen molar-refractivity contribution in [3.63, 3.8) is 0 Å². The number of aromatic nitrogens is 5. The molecule has 0 saturated heterocycles. The first-order chi connectivity index (χ1) is 14.9. The van der Waals surface area contributed by atoms with Crippen LogP contribution in [0.1, 0.15) is 16.2 Å². The van der Waals surface area contributed by atoms with E-state index in [0.29, 0.717) is 5.69 Å². The van der Waals surface area contributed by atoms with Crippen molar-refractivity contribution < 1.29 is 13.9 Å². The van der Waals surface area contributed by atoms with Gasteiger partial charge < -0.3 is 15.8 Å². The highest BCUT2D eigenvalue weighted by molar-refractivity contribution is 6.34. The average molecular weight is 440 g/mol. The number of nitrogens with zero attached hydrogens (tertiary/aromatic N) is 5. The van der Waals surface area contributed by atoms with Crippen LogP contribution < -0.4 is 15.8 Å². The molecule has 0 aliphatic rings. The minimum absolute atomic E-state index is 0.00915. The summed E-state index contributed by atoms with van der Waals surface area (Å²) in [6.07, 6.45) is 1.15. The van der Waals surface area contributed by atoms with Crippen LogP contribution in [0.3, 0.4) is 0 Å². The smallest absolute Gasteiger partial charge is 0.278 e. The monoisotopic (exact) mass is 439 g/mol. The lowest BCUT2D eigenvalue weighted by molar-refractivity contribution is 0.102. The lowest BCUT2D eigenvalue weighted by atomic mass is 10.2. The van der Waals surface area contributed by atoms with Gasteiger partial charge in [0.1, 0.15) is 17.2 Å². The van der Waals surface area contributed by atoms with Crippen LogP contribution in [0.5, 0.6) is 11.6 Å². The quantitative estimate of drug-likeness (QED) is 0.485. The fourth-order valence-corrected chi connectivity index (χ4v) is 2.88. The van der Waals surface area contributed by atoms with Gasteiger partial charge in [-0.2, -0.15) is 4.98 Å². The highest BCUT2D eigenvalue weighted by atomic mass is 35.5. The van der Waals surface area contributed by atoms with E-state index in [9.17, 15) is 9.18 Å². The predicted octanol–water partition coefficient (Wildman–Crippen LogP) is 3.79. The number of halogens is 2. The summed E-state index contributed by atoms with van der Waals surface area (Å²) in [7, 11) is 0. The Morgan fingerprint density at radius 2 is 1.97 bits per heavy atom. The number of rotatable bonds is 5. The Labute approximate surface area is 180 Å². The molecule has 0 aliphatic heterocycles. The summed E-state index contributed by atoms with van der Waals surface area (Å²) in [5.41, 5.74) is 7.21. The molecule has 2 aromatic carbocycles. The molecule has 1 amide bonds. The second-order valence-electron chi connectivity index (χ2n) is 6.35. The number of benzene rings is 2. The number of carbonyl (C=O) groups excluding carboxylic acids is 1. The molecule has 2 heterocycles. The summed E-state index contributed by atoms with van der Waals surface area (Å²) in [5, 5.41) is 10.5. The number of hydrogen-bond acceptors (Lipinski definition) is 7. The Morgan fingerprint density at radius 3 is 2.71 bits per heavy atom. The van der Waals surface area contributed by atoms with Gasteiger partial charge >= 0.3 is 0 Å². The first-order valence-corrected chi connectivity index (χ1v) is 9.34. The lowest BCUT2D eigenvalue weighted by Gasteiger charge is -2.10. The van der Waals surface area contributed by atoms with E-state index in [1.54, 1.807) is 11.6 Å². The zero-order valence-electron chi connectivity index (χ0n) is 16.1. The third-order valence-electron chi connectivity index (χ3n) is 4.29. The zero-order valence-corrected chi connectivity index (χ0v) is 16.8. The van der Waals surface area contributed by atoms with E-state index in [0.717, 1.165) is 18.1 Å². The summed E-state index contributed by atoms with van der Waals surface area (Å²) < 4.78 is 21.4. The first-order valence-electron chi connectivity index (χ1n) is 8.96. The number of para-hydroxylation sites is 1. The van der Waals surface area contributed by atoms with Gasteiger partial charge in [-0.15, -0.1) is 5.10 Å². The predicted molar refractivity (Wildman–Crippen MR) is 112 cm³/mol. The summed E-state index contributed by atoms with van der Waals surface area (Å²) in [5.74, 6) is -1.49. The Bertz CT molecular complexity index is 1260. The second-order valence-corrected chi connectivity index (χ2v) is 6.73. The van der Waals surface area contributed by atoms with E-state index in [-0.39, 0.29) is 33.9 Å². The van der Waals surface area contributed by atoms with Gasteiger partial charge in [-0.3, -0.25) is 4.79 Å². The van der Waals surface area contributed by atoms with Crippen LogP contribution in [0, 0.1) is 12.7 Å². The van der Waals surface area contributed by atoms with Gasteiger partial charge in [-0.25, -0.2) is 14.1 Å². The van der Waals surface area contributed by atoms with Crippen LogP contribution in [0.25, 0.3) is 5.69 Å². The number of nitrogen functional groups attached to an aromatic ring is 1. The van der Waals surface area contributed by atoms with Crippen LogP contribution in [0.15, 0.2) is 54.9 Å². The third-order valence-corrected chi connectivity index (χ3v) is 4.65. The number of nitrogens with two attached hydrogens (primary N) is 1. The molecular weight excluding hydrogens is 425 g/mol. The van der Waals surface area contributed by atoms with Gasteiger partial charge in [0.25, 0.3) is 5.91 Å². The number of anilines is 2. The van der Waals surface area contributed by atoms with Gasteiger partial charge in [-0.05, 0) is 31.2 Å². The Balaban J connectivity index is 1.51. The number of ether oxygens (including phenoxy) is 1. The van der Waals surface area contributed by atoms with Gasteiger partial charge in [0, 0.05) is 11.8 Å². The number of carbonyl (C=O) groups is 1. The molecule has 0 spiro atoms. The minimum atomic E-state index is -0.740. The molecule has 0 fully saturated rings. The van der Waals surface area contributed by atoms with Crippen LogP contribution in [-0.2, 0) is 0 Å². The van der Waals surface area contributed by atoms with Crippen molar-refractivity contribution in [3.8, 4) is 17.3 Å². The van der Waals surface area contributed by atoms with Crippen molar-refractivity contribution >= 4 is 29.0 Å². The van der Waals surface area contributed by atoms with Crippen LogP contribution in [0.4, 0.5) is 15.9 Å². The fraction of sp³-hybridized carbons (Fsp3) is 0.0500. The molecule has 9 nitrogen and oxygen atoms in total. The normalized spacial score (nSPS) is 10.7. The molecule has 156 valence electrons. The van der Waals surface area contributed by atoms with Crippen molar-refractivity contribution in [1.29, 1.82) is 0 Å². The lowest BCUT2D eigenvalue weighted by Crippen LogP contribution is -2.14. The summed E-state index contributed by atoms with van der Waals surface area (Å²) in [6.45, 7) is 1.72. The molecule has 11 heteroatoms. The number of hydrogen-bond donors (Lipinski definition) is 2. The average Bonchev–Trinajstić information content (AvgIpc) is 3.15. The van der Waals surface area contributed by atoms with Crippen LogP contribution in [-0.4, -0.2) is 30.9 Å². The van der Waals surface area contributed by atoms with Crippen molar-refractivity contribution in [3.05, 3.63) is 77.1 Å². The summed E-state index contributed by atoms with van der Waals surface area (Å²) >= 11 is 5.96. The van der Waals surface area contributed by atoms with Gasteiger partial charge in [0.15, 0.2) is 17.3 Å². The largest absolute Gasteiger partial charge is 0.434 e. The van der Waals surface area contributed by atoms with Gasteiger partial charge in [-0.1, -0.05) is 35.0 Å². The van der Waals surface area contributed by atoms with Crippen LogP contribution >= 0.6 is 11.6 Å². The third kappa shape index (κ3) is 4.14. The van der Waals surface area contributed by atoms with Crippen molar-refractivity contribution in [1.82, 2.24) is 25.0 Å². The molecule has 0 radical (unpaired) electrons. The Morgan fingerprint density at radius 1 is 1.19 bits per heavy atom. The molecule has 31 heavy (non-hydrogen) atoms. The topological polar surface area (TPSA) is 121 Å². The van der Waals surface area contributed by atoms with Crippen molar-refractivity contribution in [2.75, 3.05) is 11.1 Å². The standard InChI is InChI=1S/C20H15ClFN7O2/c1-11-17(27-28-29(11)13-5-3-2-4-6-13)19(30)26-12-7-8-15(14(22)9-12)31-20-16(21)18(23)24-10-25-20/h2-10H,1H3,(H,26,30)(H2,23,24,25). The maximum absolute atomic E-state index is 14.5. The zero-order chi connectivity index (χ0) is 22.0. The van der Waals surface area contributed by atoms with E-state index in [2.05, 4.69) is 25.6 Å². The van der Waals surface area contributed by atoms with E-state index < -0.39 is 11.7 Å². The van der Waals surface area contributed by atoms with Gasteiger partial charge in [0.05, 0.1) is 11.4 Å². The fourth-order valence-electron chi connectivity index (χ4n) is 2.75. The number of amides is 1. The molecule has 0 aliphatic carbocycles. The molecule has 4 aromatic rings. The Kier molecular flexibility index (Phi) is 5.46.